The van der Waals surface area contributed by atoms with Crippen LogP contribution in [0.5, 0.6) is 0 Å². The van der Waals surface area contributed by atoms with Crippen molar-refractivity contribution in [1.29, 1.82) is 0 Å². The van der Waals surface area contributed by atoms with Gasteiger partial charge in [0.15, 0.2) is 0 Å². The number of thiol groups is 1. The van der Waals surface area contributed by atoms with Crippen LogP contribution in [-0.2, 0) is 11.8 Å². The van der Waals surface area contributed by atoms with Crippen molar-refractivity contribution < 1.29 is 0 Å². The summed E-state index contributed by atoms with van der Waals surface area (Å²) in [6, 6.07) is 9.00. The van der Waals surface area contributed by atoms with Gasteiger partial charge in [0.05, 0.1) is 0 Å². The summed E-state index contributed by atoms with van der Waals surface area (Å²) in [5.74, 6) is 1.62. The second-order valence-electron chi connectivity index (χ2n) is 5.44. The van der Waals surface area contributed by atoms with Crippen LogP contribution in [0.3, 0.4) is 0 Å². The highest BCUT2D eigenvalue weighted by atomic mass is 32.1. The lowest BCUT2D eigenvalue weighted by Crippen LogP contribution is -2.11. The maximum Gasteiger partial charge on any atom is -0.00690 e. The van der Waals surface area contributed by atoms with Gasteiger partial charge in [-0.1, -0.05) is 52.0 Å². The van der Waals surface area contributed by atoms with E-state index in [1.165, 1.54) is 11.1 Å². The zero-order chi connectivity index (χ0) is 11.5. The fraction of sp³-hybridized carbons (Fsp3) is 0.571. The average molecular weight is 222 g/mol. The Balaban J connectivity index is 2.73. The van der Waals surface area contributed by atoms with Crippen molar-refractivity contribution in [3.63, 3.8) is 0 Å². The molecule has 1 heteroatoms. The molecule has 0 amide bonds. The predicted octanol–water partition coefficient (Wildman–Crippen LogP) is 4.09. The Morgan fingerprint density at radius 2 is 1.67 bits per heavy atom. The molecule has 15 heavy (non-hydrogen) atoms. The van der Waals surface area contributed by atoms with Crippen LogP contribution in [0, 0.1) is 5.92 Å². The summed E-state index contributed by atoms with van der Waals surface area (Å²) >= 11 is 4.31. The van der Waals surface area contributed by atoms with Crippen molar-refractivity contribution in [2.45, 2.75) is 39.5 Å². The molecule has 0 N–H and O–H groups in total. The summed E-state index contributed by atoms with van der Waals surface area (Å²) in [7, 11) is 0. The minimum absolute atomic E-state index is 0.258. The fourth-order valence-electron chi connectivity index (χ4n) is 1.61. The lowest BCUT2D eigenvalue weighted by atomic mass is 9.86. The van der Waals surface area contributed by atoms with Gasteiger partial charge in [0, 0.05) is 0 Å². The smallest absolute Gasteiger partial charge is 0.00690 e. The van der Waals surface area contributed by atoms with E-state index in [1.54, 1.807) is 0 Å². The van der Waals surface area contributed by atoms with Crippen LogP contribution in [0.1, 0.15) is 38.8 Å². The molecule has 1 aromatic carbocycles. The first kappa shape index (κ1) is 12.6. The summed E-state index contributed by atoms with van der Waals surface area (Å²) in [6.45, 7) is 8.99. The molecule has 0 saturated heterocycles. The van der Waals surface area contributed by atoms with E-state index >= 15 is 0 Å². The summed E-state index contributed by atoms with van der Waals surface area (Å²) in [5.41, 5.74) is 3.09. The first-order valence-electron chi connectivity index (χ1n) is 5.63. The Morgan fingerprint density at radius 1 is 1.13 bits per heavy atom. The van der Waals surface area contributed by atoms with E-state index in [2.05, 4.69) is 64.6 Å². The molecule has 1 aromatic rings. The Hall–Kier alpha value is -0.430. The van der Waals surface area contributed by atoms with Gasteiger partial charge in [-0.3, -0.25) is 0 Å². The van der Waals surface area contributed by atoms with Gasteiger partial charge in [-0.2, -0.15) is 12.6 Å². The van der Waals surface area contributed by atoms with Gasteiger partial charge < -0.3 is 0 Å². The van der Waals surface area contributed by atoms with Crippen LogP contribution in [-0.4, -0.2) is 5.75 Å². The molecule has 0 aliphatic carbocycles. The van der Waals surface area contributed by atoms with Gasteiger partial charge in [-0.05, 0) is 34.6 Å². The van der Waals surface area contributed by atoms with E-state index < -0.39 is 0 Å². The topological polar surface area (TPSA) is 0 Å². The molecule has 0 aromatic heterocycles. The van der Waals surface area contributed by atoms with E-state index in [4.69, 9.17) is 0 Å². The highest BCUT2D eigenvalue weighted by Gasteiger charge is 2.12. The number of hydrogen-bond donors (Lipinski definition) is 1. The standard InChI is InChI=1S/C14H22S/c1-11(10-15)9-12-5-7-13(8-6-12)14(2,3)4/h5-8,11,15H,9-10H2,1-4H3. The van der Waals surface area contributed by atoms with Crippen LogP contribution in [0.15, 0.2) is 24.3 Å². The molecule has 0 nitrogen and oxygen atoms in total. The van der Waals surface area contributed by atoms with Crippen LogP contribution < -0.4 is 0 Å². The van der Waals surface area contributed by atoms with Gasteiger partial charge in [0.1, 0.15) is 0 Å². The molecule has 0 aliphatic rings. The van der Waals surface area contributed by atoms with Gasteiger partial charge in [-0.25, -0.2) is 0 Å². The van der Waals surface area contributed by atoms with E-state index in [0.717, 1.165) is 12.2 Å². The minimum atomic E-state index is 0.258. The van der Waals surface area contributed by atoms with Crippen LogP contribution in [0.4, 0.5) is 0 Å². The van der Waals surface area contributed by atoms with Gasteiger partial charge in [-0.15, -0.1) is 0 Å². The number of hydrogen-bond acceptors (Lipinski definition) is 1. The maximum absolute atomic E-state index is 4.31. The fourth-order valence-corrected chi connectivity index (χ4v) is 1.74. The van der Waals surface area contributed by atoms with Gasteiger partial charge in [0.25, 0.3) is 0 Å². The SMILES string of the molecule is CC(CS)Cc1ccc(C(C)(C)C)cc1. The molecule has 0 saturated carbocycles. The van der Waals surface area contributed by atoms with Gasteiger partial charge >= 0.3 is 0 Å². The van der Waals surface area contributed by atoms with E-state index in [-0.39, 0.29) is 5.41 Å². The second kappa shape index (κ2) is 5.07. The van der Waals surface area contributed by atoms with Crippen LogP contribution in [0.2, 0.25) is 0 Å². The van der Waals surface area contributed by atoms with Crippen molar-refractivity contribution >= 4 is 12.6 Å². The lowest BCUT2D eigenvalue weighted by Gasteiger charge is -2.19. The highest BCUT2D eigenvalue weighted by molar-refractivity contribution is 7.80. The average Bonchev–Trinajstić information content (AvgIpc) is 2.17. The molecule has 1 atom stereocenters. The molecule has 1 rings (SSSR count). The predicted molar refractivity (Wildman–Crippen MR) is 71.9 cm³/mol. The summed E-state index contributed by atoms with van der Waals surface area (Å²) in [5, 5.41) is 0. The first-order chi connectivity index (χ1) is 6.93. The Labute approximate surface area is 99.5 Å². The molecule has 0 fully saturated rings. The van der Waals surface area contributed by atoms with Crippen molar-refractivity contribution in [2.75, 3.05) is 5.75 Å². The zero-order valence-electron chi connectivity index (χ0n) is 10.2. The Morgan fingerprint density at radius 3 is 2.07 bits per heavy atom. The molecular formula is C14H22S. The summed E-state index contributed by atoms with van der Waals surface area (Å²) in [4.78, 5) is 0. The Bertz CT molecular complexity index is 292. The molecule has 0 spiro atoms. The molecule has 1 unspecified atom stereocenters. The minimum Gasteiger partial charge on any atom is -0.179 e. The maximum atomic E-state index is 4.31. The molecular weight excluding hydrogens is 200 g/mol. The first-order valence-corrected chi connectivity index (χ1v) is 6.27. The van der Waals surface area contributed by atoms with E-state index in [0.29, 0.717) is 5.92 Å². The van der Waals surface area contributed by atoms with Crippen molar-refractivity contribution in [1.82, 2.24) is 0 Å². The second-order valence-corrected chi connectivity index (χ2v) is 5.80. The molecule has 0 radical (unpaired) electrons. The van der Waals surface area contributed by atoms with Crippen molar-refractivity contribution in [2.24, 2.45) is 5.92 Å². The Kier molecular flexibility index (Phi) is 4.27. The van der Waals surface area contributed by atoms with Crippen LogP contribution in [0.25, 0.3) is 0 Å². The third kappa shape index (κ3) is 3.90. The van der Waals surface area contributed by atoms with E-state index in [9.17, 15) is 0 Å². The molecule has 0 aliphatic heterocycles. The third-order valence-corrected chi connectivity index (χ3v) is 3.34. The summed E-state index contributed by atoms with van der Waals surface area (Å²) < 4.78 is 0. The zero-order valence-corrected chi connectivity index (χ0v) is 11.1. The lowest BCUT2D eigenvalue weighted by molar-refractivity contribution is 0.589. The summed E-state index contributed by atoms with van der Waals surface area (Å²) in [6.07, 6.45) is 1.13. The highest BCUT2D eigenvalue weighted by Crippen LogP contribution is 2.22. The van der Waals surface area contributed by atoms with Gasteiger partial charge in [0.2, 0.25) is 0 Å². The number of rotatable bonds is 3. The number of benzene rings is 1. The molecule has 84 valence electrons. The van der Waals surface area contributed by atoms with Crippen molar-refractivity contribution in [3.05, 3.63) is 35.4 Å². The van der Waals surface area contributed by atoms with Crippen molar-refractivity contribution in [3.8, 4) is 0 Å². The normalized spacial score (nSPS) is 13.9. The molecule has 0 bridgehead atoms. The van der Waals surface area contributed by atoms with Crippen LogP contribution >= 0.6 is 12.6 Å². The quantitative estimate of drug-likeness (QED) is 0.732. The molecule has 0 heterocycles. The largest absolute Gasteiger partial charge is 0.179 e. The van der Waals surface area contributed by atoms with E-state index in [1.807, 2.05) is 0 Å². The third-order valence-electron chi connectivity index (χ3n) is 2.72. The monoisotopic (exact) mass is 222 g/mol.